The average Bonchev–Trinajstić information content (AvgIpc) is 3.33. The van der Waals surface area contributed by atoms with Crippen LogP contribution in [0.15, 0.2) is 48.7 Å². The number of rotatable bonds is 11. The first kappa shape index (κ1) is 27.0. The Morgan fingerprint density at radius 2 is 1.71 bits per heavy atom. The quantitative estimate of drug-likeness (QED) is 0.321. The van der Waals surface area contributed by atoms with Crippen LogP contribution >= 0.6 is 0 Å². The fourth-order valence-corrected chi connectivity index (χ4v) is 5.04. The molecule has 9 nitrogen and oxygen atoms in total. The van der Waals surface area contributed by atoms with Crippen LogP contribution in [0.5, 0.6) is 11.5 Å². The Morgan fingerprint density at radius 3 is 2.32 bits per heavy atom. The topological polar surface area (TPSA) is 115 Å². The Morgan fingerprint density at radius 1 is 1.05 bits per heavy atom. The number of nitrogens with zero attached hydrogens (tertiary/aromatic N) is 2. The van der Waals surface area contributed by atoms with Crippen molar-refractivity contribution in [1.29, 1.82) is 0 Å². The summed E-state index contributed by atoms with van der Waals surface area (Å²) >= 11 is 0. The Hall–Kier alpha value is -4.01. The van der Waals surface area contributed by atoms with Gasteiger partial charge in [-0.3, -0.25) is 9.59 Å². The predicted molar refractivity (Wildman–Crippen MR) is 145 cm³/mol. The van der Waals surface area contributed by atoms with Gasteiger partial charge in [0.1, 0.15) is 11.5 Å². The summed E-state index contributed by atoms with van der Waals surface area (Å²) in [6.45, 7) is 2.13. The van der Waals surface area contributed by atoms with Gasteiger partial charge in [-0.2, -0.15) is 5.10 Å². The summed E-state index contributed by atoms with van der Waals surface area (Å²) in [7, 11) is 3.26. The first-order valence-electron chi connectivity index (χ1n) is 13.0. The lowest BCUT2D eigenvalue weighted by molar-refractivity contribution is -0.136. The highest BCUT2D eigenvalue weighted by atomic mass is 16.5. The molecule has 1 amide bonds. The Bertz CT molecular complexity index is 1230. The van der Waals surface area contributed by atoms with Crippen molar-refractivity contribution in [3.05, 3.63) is 65.5 Å². The van der Waals surface area contributed by atoms with Gasteiger partial charge < -0.3 is 25.2 Å². The second-order valence-corrected chi connectivity index (χ2v) is 9.68. The number of amides is 1. The highest BCUT2D eigenvalue weighted by molar-refractivity contribution is 5.94. The minimum atomic E-state index is -0.942. The van der Waals surface area contributed by atoms with Gasteiger partial charge in [-0.15, -0.1) is 0 Å². The number of carbonyl (C=O) groups excluding carboxylic acids is 1. The number of aromatic nitrogens is 2. The van der Waals surface area contributed by atoms with Gasteiger partial charge in [0.25, 0.3) is 5.91 Å². The van der Waals surface area contributed by atoms with Gasteiger partial charge in [0.2, 0.25) is 0 Å². The van der Waals surface area contributed by atoms with E-state index >= 15 is 0 Å². The van der Waals surface area contributed by atoms with Gasteiger partial charge >= 0.3 is 5.97 Å². The molecule has 3 aromatic rings. The van der Waals surface area contributed by atoms with Crippen molar-refractivity contribution < 1.29 is 24.2 Å². The zero-order chi connectivity index (χ0) is 27.1. The Kier molecular flexibility index (Phi) is 8.89. The predicted octanol–water partition coefficient (Wildman–Crippen LogP) is 5.14. The van der Waals surface area contributed by atoms with Gasteiger partial charge in [0.15, 0.2) is 0 Å². The first-order chi connectivity index (χ1) is 18.4. The number of anilines is 1. The van der Waals surface area contributed by atoms with Crippen molar-refractivity contribution in [1.82, 2.24) is 15.1 Å². The van der Waals surface area contributed by atoms with E-state index < -0.39 is 5.97 Å². The van der Waals surface area contributed by atoms with Crippen molar-refractivity contribution >= 4 is 17.6 Å². The monoisotopic (exact) mass is 520 g/mol. The lowest BCUT2D eigenvalue weighted by atomic mass is 9.81. The highest BCUT2D eigenvalue weighted by Gasteiger charge is 2.28. The third kappa shape index (κ3) is 6.65. The third-order valence-electron chi connectivity index (χ3n) is 7.09. The van der Waals surface area contributed by atoms with Crippen LogP contribution in [0.25, 0.3) is 5.69 Å². The maximum atomic E-state index is 12.3. The molecule has 9 heteroatoms. The normalized spacial score (nSPS) is 14.5. The van der Waals surface area contributed by atoms with Crippen LogP contribution in [-0.4, -0.2) is 47.5 Å². The van der Waals surface area contributed by atoms with Crippen molar-refractivity contribution in [2.45, 2.75) is 51.5 Å². The molecule has 1 aliphatic rings. The number of carboxylic acid groups (broad SMARTS) is 1. The standard InChI is InChI=1S/C29H36N4O5/c1-19-26(18-33(32-19)23-15-24(37-2)17-25(16-23)38-3)28(20-7-5-4-6-8-20)31-22-11-9-21(10-12-22)29(36)30-14-13-27(34)35/h9-12,15-18,20,28,31H,4-8,13-14H2,1-3H3,(H,30,36)(H,34,35). The van der Waals surface area contributed by atoms with Crippen LogP contribution in [0.1, 0.15) is 66.2 Å². The molecule has 0 radical (unpaired) electrons. The smallest absolute Gasteiger partial charge is 0.305 e. The average molecular weight is 521 g/mol. The molecule has 0 saturated heterocycles. The number of carbonyl (C=O) groups is 2. The molecule has 38 heavy (non-hydrogen) atoms. The molecule has 1 aliphatic carbocycles. The maximum absolute atomic E-state index is 12.3. The fraction of sp³-hybridized carbons (Fsp3) is 0.414. The second kappa shape index (κ2) is 12.5. The van der Waals surface area contributed by atoms with Crippen molar-refractivity contribution in [2.24, 2.45) is 5.92 Å². The number of aliphatic carboxylic acids is 1. The molecule has 1 fully saturated rings. The van der Waals surface area contributed by atoms with Gasteiger partial charge in [0, 0.05) is 47.8 Å². The molecule has 1 atom stereocenters. The van der Waals surface area contributed by atoms with E-state index in [-0.39, 0.29) is 24.9 Å². The molecule has 0 spiro atoms. The molecule has 4 rings (SSSR count). The number of methoxy groups -OCH3 is 2. The molecular formula is C29H36N4O5. The fourth-order valence-electron chi connectivity index (χ4n) is 5.04. The van der Waals surface area contributed by atoms with Crippen molar-refractivity contribution in [3.8, 4) is 17.2 Å². The number of nitrogens with one attached hydrogen (secondary N) is 2. The number of carboxylic acids is 1. The minimum Gasteiger partial charge on any atom is -0.497 e. The zero-order valence-electron chi connectivity index (χ0n) is 22.2. The molecule has 1 aromatic heterocycles. The number of ether oxygens (including phenoxy) is 2. The Labute approximate surface area is 223 Å². The van der Waals surface area contributed by atoms with Crippen LogP contribution in [0.2, 0.25) is 0 Å². The molecule has 0 bridgehead atoms. The highest BCUT2D eigenvalue weighted by Crippen LogP contribution is 2.38. The lowest BCUT2D eigenvalue weighted by Gasteiger charge is -2.31. The number of benzene rings is 2. The van der Waals surface area contributed by atoms with Crippen molar-refractivity contribution in [3.63, 3.8) is 0 Å². The van der Waals surface area contributed by atoms with Crippen LogP contribution in [0.4, 0.5) is 5.69 Å². The van der Waals surface area contributed by atoms with Crippen molar-refractivity contribution in [2.75, 3.05) is 26.1 Å². The number of hydrogen-bond acceptors (Lipinski definition) is 6. The van der Waals surface area contributed by atoms with E-state index in [4.69, 9.17) is 19.7 Å². The van der Waals surface area contributed by atoms with E-state index in [0.29, 0.717) is 23.0 Å². The molecule has 2 aromatic carbocycles. The summed E-state index contributed by atoms with van der Waals surface area (Å²) in [5.74, 6) is 0.625. The van der Waals surface area contributed by atoms with Crippen LogP contribution in [0.3, 0.4) is 0 Å². The largest absolute Gasteiger partial charge is 0.497 e. The first-order valence-corrected chi connectivity index (χ1v) is 13.0. The van der Waals surface area contributed by atoms with Gasteiger partial charge in [0.05, 0.1) is 38.1 Å². The molecule has 1 unspecified atom stereocenters. The Balaban J connectivity index is 1.58. The molecule has 3 N–H and O–H groups in total. The third-order valence-corrected chi connectivity index (χ3v) is 7.09. The van der Waals surface area contributed by atoms with E-state index in [1.807, 2.05) is 41.9 Å². The molecule has 202 valence electrons. The second-order valence-electron chi connectivity index (χ2n) is 9.68. The molecule has 0 aliphatic heterocycles. The molecular weight excluding hydrogens is 484 g/mol. The summed E-state index contributed by atoms with van der Waals surface area (Å²) in [5, 5.41) is 20.0. The maximum Gasteiger partial charge on any atom is 0.305 e. The van der Waals surface area contributed by atoms with Gasteiger partial charge in [-0.05, 0) is 49.9 Å². The van der Waals surface area contributed by atoms with E-state index in [1.54, 1.807) is 26.4 Å². The summed E-state index contributed by atoms with van der Waals surface area (Å²) < 4.78 is 12.8. The molecule has 1 heterocycles. The number of aryl methyl sites for hydroxylation is 1. The summed E-state index contributed by atoms with van der Waals surface area (Å²) in [6, 6.07) is 13.1. The minimum absolute atomic E-state index is 0.0618. The van der Waals surface area contributed by atoms with Crippen LogP contribution in [0, 0.1) is 12.8 Å². The van der Waals surface area contributed by atoms with E-state index in [0.717, 1.165) is 35.5 Å². The van der Waals surface area contributed by atoms with E-state index in [9.17, 15) is 9.59 Å². The lowest BCUT2D eigenvalue weighted by Crippen LogP contribution is -2.26. The summed E-state index contributed by atoms with van der Waals surface area (Å²) in [4.78, 5) is 23.0. The van der Waals surface area contributed by atoms with E-state index in [1.165, 1.54) is 19.3 Å². The van der Waals surface area contributed by atoms with Gasteiger partial charge in [-0.25, -0.2) is 4.68 Å². The summed E-state index contributed by atoms with van der Waals surface area (Å²) in [5.41, 5.74) is 4.35. The SMILES string of the molecule is COc1cc(OC)cc(-n2cc(C(Nc3ccc(C(=O)NCCC(=O)O)cc3)C3CCCCC3)c(C)n2)c1. The number of hydrogen-bond donors (Lipinski definition) is 3. The summed E-state index contributed by atoms with van der Waals surface area (Å²) in [6.07, 6.45) is 7.93. The molecule has 1 saturated carbocycles. The van der Waals surface area contributed by atoms with E-state index in [2.05, 4.69) is 16.8 Å². The zero-order valence-corrected chi connectivity index (χ0v) is 22.2. The van der Waals surface area contributed by atoms with Crippen LogP contribution < -0.4 is 20.1 Å². The van der Waals surface area contributed by atoms with Crippen LogP contribution in [-0.2, 0) is 4.79 Å². The van der Waals surface area contributed by atoms with Gasteiger partial charge in [-0.1, -0.05) is 19.3 Å².